The standard InChI is InChI=1S/C28H21ClF3N3O3/c1-18(27(37)33-23-10-6-8-21(16-23)28(30,31)32)38-25(36)14-13-20-17-35(24-11-3-2-4-12-24)34-26(20)19-7-5-9-22(29)15-19/h2-18H,1H3,(H,33,37)/b14-13+/t18-/m1/s1. The van der Waals surface area contributed by atoms with Crippen molar-refractivity contribution < 1.29 is 27.5 Å². The first-order valence-electron chi connectivity index (χ1n) is 11.4. The molecular formula is C28H21ClF3N3O3. The van der Waals surface area contributed by atoms with Crippen LogP contribution in [0.1, 0.15) is 18.1 Å². The van der Waals surface area contributed by atoms with Gasteiger partial charge in [-0.1, -0.05) is 48.0 Å². The molecule has 3 aromatic carbocycles. The van der Waals surface area contributed by atoms with E-state index in [1.165, 1.54) is 25.1 Å². The van der Waals surface area contributed by atoms with E-state index >= 15 is 0 Å². The lowest BCUT2D eigenvalue weighted by atomic mass is 10.1. The van der Waals surface area contributed by atoms with Gasteiger partial charge in [-0.05, 0) is 55.5 Å². The van der Waals surface area contributed by atoms with Gasteiger partial charge in [-0.2, -0.15) is 18.3 Å². The van der Waals surface area contributed by atoms with Crippen molar-refractivity contribution in [1.29, 1.82) is 0 Å². The molecule has 0 aliphatic heterocycles. The predicted molar refractivity (Wildman–Crippen MR) is 139 cm³/mol. The third-order valence-electron chi connectivity index (χ3n) is 5.38. The van der Waals surface area contributed by atoms with Gasteiger partial charge in [-0.25, -0.2) is 9.48 Å². The first-order chi connectivity index (χ1) is 18.1. The number of amides is 1. The summed E-state index contributed by atoms with van der Waals surface area (Å²) in [6, 6.07) is 20.6. The Kier molecular flexibility index (Phi) is 7.97. The van der Waals surface area contributed by atoms with Gasteiger partial charge >= 0.3 is 12.1 Å². The number of para-hydroxylation sites is 1. The second kappa shape index (κ2) is 11.4. The fourth-order valence-corrected chi connectivity index (χ4v) is 3.71. The van der Waals surface area contributed by atoms with Gasteiger partial charge in [-0.15, -0.1) is 0 Å². The molecule has 4 rings (SSSR count). The zero-order chi connectivity index (χ0) is 27.3. The van der Waals surface area contributed by atoms with Crippen molar-refractivity contribution in [3.63, 3.8) is 0 Å². The predicted octanol–water partition coefficient (Wildman–Crippen LogP) is 6.80. The smallest absolute Gasteiger partial charge is 0.416 e. The first-order valence-corrected chi connectivity index (χ1v) is 11.8. The van der Waals surface area contributed by atoms with Crippen molar-refractivity contribution in [2.45, 2.75) is 19.2 Å². The number of carbonyl (C=O) groups excluding carboxylic acids is 2. The second-order valence-electron chi connectivity index (χ2n) is 8.20. The molecule has 0 aliphatic rings. The number of rotatable bonds is 7. The Balaban J connectivity index is 1.49. The highest BCUT2D eigenvalue weighted by Gasteiger charge is 2.30. The summed E-state index contributed by atoms with van der Waals surface area (Å²) in [5.74, 6) is -1.59. The number of nitrogens with zero attached hydrogens (tertiary/aromatic N) is 2. The molecule has 1 amide bonds. The van der Waals surface area contributed by atoms with E-state index in [9.17, 15) is 22.8 Å². The van der Waals surface area contributed by atoms with E-state index in [2.05, 4.69) is 10.4 Å². The van der Waals surface area contributed by atoms with Crippen molar-refractivity contribution in [1.82, 2.24) is 9.78 Å². The molecule has 194 valence electrons. The van der Waals surface area contributed by atoms with Crippen LogP contribution in [0.5, 0.6) is 0 Å². The Labute approximate surface area is 221 Å². The summed E-state index contributed by atoms with van der Waals surface area (Å²) in [6.45, 7) is 1.32. The van der Waals surface area contributed by atoms with E-state index in [1.807, 2.05) is 36.4 Å². The van der Waals surface area contributed by atoms with Crippen LogP contribution in [-0.2, 0) is 20.5 Å². The van der Waals surface area contributed by atoms with Gasteiger partial charge in [-0.3, -0.25) is 4.79 Å². The number of esters is 1. The number of aromatic nitrogens is 2. The highest BCUT2D eigenvalue weighted by Crippen LogP contribution is 2.31. The fourth-order valence-electron chi connectivity index (χ4n) is 3.52. The van der Waals surface area contributed by atoms with Crippen molar-refractivity contribution in [2.75, 3.05) is 5.32 Å². The number of alkyl halides is 3. The quantitative estimate of drug-likeness (QED) is 0.207. The molecule has 6 nitrogen and oxygen atoms in total. The van der Waals surface area contributed by atoms with Crippen molar-refractivity contribution in [2.24, 2.45) is 0 Å². The Hall–Kier alpha value is -4.37. The monoisotopic (exact) mass is 539 g/mol. The van der Waals surface area contributed by atoms with Gasteiger partial charge in [0, 0.05) is 34.1 Å². The number of carbonyl (C=O) groups is 2. The highest BCUT2D eigenvalue weighted by atomic mass is 35.5. The van der Waals surface area contributed by atoms with Gasteiger partial charge < -0.3 is 10.1 Å². The summed E-state index contributed by atoms with van der Waals surface area (Å²) in [5.41, 5.74) is 1.72. The molecule has 4 aromatic rings. The molecule has 0 saturated carbocycles. The number of ether oxygens (including phenoxy) is 1. The molecule has 0 bridgehead atoms. The van der Waals surface area contributed by atoms with E-state index in [-0.39, 0.29) is 5.69 Å². The Morgan fingerprint density at radius 3 is 2.47 bits per heavy atom. The zero-order valence-electron chi connectivity index (χ0n) is 19.9. The third-order valence-corrected chi connectivity index (χ3v) is 5.61. The molecule has 0 saturated heterocycles. The molecule has 1 atom stereocenters. The maximum absolute atomic E-state index is 12.9. The highest BCUT2D eigenvalue weighted by molar-refractivity contribution is 6.30. The van der Waals surface area contributed by atoms with E-state index in [4.69, 9.17) is 16.3 Å². The number of halogens is 4. The summed E-state index contributed by atoms with van der Waals surface area (Å²) >= 11 is 6.15. The average molecular weight is 540 g/mol. The van der Waals surface area contributed by atoms with Crippen LogP contribution in [0.3, 0.4) is 0 Å². The molecule has 0 spiro atoms. The van der Waals surface area contributed by atoms with E-state index in [0.717, 1.165) is 29.5 Å². The third kappa shape index (κ3) is 6.68. The number of anilines is 1. The lowest BCUT2D eigenvalue weighted by Gasteiger charge is -2.13. The Morgan fingerprint density at radius 1 is 1.03 bits per heavy atom. The van der Waals surface area contributed by atoms with Gasteiger partial charge in [0.15, 0.2) is 6.10 Å². The second-order valence-corrected chi connectivity index (χ2v) is 8.64. The van der Waals surface area contributed by atoms with Crippen molar-refractivity contribution >= 4 is 35.2 Å². The maximum Gasteiger partial charge on any atom is 0.416 e. The normalized spacial score (nSPS) is 12.3. The van der Waals surface area contributed by atoms with Gasteiger partial charge in [0.1, 0.15) is 5.69 Å². The molecule has 1 N–H and O–H groups in total. The van der Waals surface area contributed by atoms with Crippen LogP contribution in [0.2, 0.25) is 5.02 Å². The molecule has 0 radical (unpaired) electrons. The lowest BCUT2D eigenvalue weighted by Crippen LogP contribution is -2.29. The minimum atomic E-state index is -4.55. The summed E-state index contributed by atoms with van der Waals surface area (Å²) in [7, 11) is 0. The van der Waals surface area contributed by atoms with Crippen LogP contribution in [0.25, 0.3) is 23.0 Å². The van der Waals surface area contributed by atoms with Crippen LogP contribution in [0.4, 0.5) is 18.9 Å². The molecular weight excluding hydrogens is 519 g/mol. The minimum absolute atomic E-state index is 0.0669. The van der Waals surface area contributed by atoms with Gasteiger partial charge in [0.2, 0.25) is 0 Å². The van der Waals surface area contributed by atoms with Gasteiger partial charge in [0.05, 0.1) is 11.3 Å². The first kappa shape index (κ1) is 26.7. The number of hydrogen-bond acceptors (Lipinski definition) is 4. The summed E-state index contributed by atoms with van der Waals surface area (Å²) in [5, 5.41) is 7.49. The molecule has 1 aromatic heterocycles. The molecule has 0 aliphatic carbocycles. The number of benzene rings is 3. The van der Waals surface area contributed by atoms with Crippen molar-refractivity contribution in [3.05, 3.63) is 107 Å². The fraction of sp³-hybridized carbons (Fsp3) is 0.107. The van der Waals surface area contributed by atoms with Crippen LogP contribution >= 0.6 is 11.6 Å². The summed E-state index contributed by atoms with van der Waals surface area (Å²) in [4.78, 5) is 24.9. The largest absolute Gasteiger partial charge is 0.449 e. The Bertz CT molecular complexity index is 1480. The molecule has 1 heterocycles. The minimum Gasteiger partial charge on any atom is -0.449 e. The van der Waals surface area contributed by atoms with Gasteiger partial charge in [0.25, 0.3) is 5.91 Å². The van der Waals surface area contributed by atoms with Crippen LogP contribution < -0.4 is 5.32 Å². The van der Waals surface area contributed by atoms with E-state index in [1.54, 1.807) is 29.1 Å². The SMILES string of the molecule is C[C@@H](OC(=O)/C=C/c1cn(-c2ccccc2)nc1-c1cccc(Cl)c1)C(=O)Nc1cccc(C(F)(F)F)c1. The molecule has 0 unspecified atom stereocenters. The van der Waals surface area contributed by atoms with E-state index in [0.29, 0.717) is 16.3 Å². The Morgan fingerprint density at radius 2 is 1.76 bits per heavy atom. The molecule has 10 heteroatoms. The summed E-state index contributed by atoms with van der Waals surface area (Å²) < 4.78 is 45.5. The number of nitrogens with one attached hydrogen (secondary N) is 1. The molecule has 38 heavy (non-hydrogen) atoms. The lowest BCUT2D eigenvalue weighted by molar-refractivity contribution is -0.148. The average Bonchev–Trinajstić information content (AvgIpc) is 3.32. The maximum atomic E-state index is 12.9. The van der Waals surface area contributed by atoms with Crippen LogP contribution in [0, 0.1) is 0 Å². The molecule has 0 fully saturated rings. The summed E-state index contributed by atoms with van der Waals surface area (Å²) in [6.07, 6.45) is -1.43. The van der Waals surface area contributed by atoms with Crippen molar-refractivity contribution in [3.8, 4) is 16.9 Å². The van der Waals surface area contributed by atoms with E-state index < -0.39 is 29.7 Å². The topological polar surface area (TPSA) is 73.2 Å². The van der Waals surface area contributed by atoms with Crippen LogP contribution in [0.15, 0.2) is 91.1 Å². The van der Waals surface area contributed by atoms with Crippen LogP contribution in [-0.4, -0.2) is 27.8 Å². The zero-order valence-corrected chi connectivity index (χ0v) is 20.7. The number of hydrogen-bond donors (Lipinski definition) is 1.